The van der Waals surface area contributed by atoms with Crippen LogP contribution in [-0.4, -0.2) is 28.1 Å². The lowest BCUT2D eigenvalue weighted by Crippen LogP contribution is -2.23. The van der Waals surface area contributed by atoms with E-state index in [2.05, 4.69) is 26.7 Å². The van der Waals surface area contributed by atoms with Crippen molar-refractivity contribution >= 4 is 28.5 Å². The van der Waals surface area contributed by atoms with Gasteiger partial charge in [0.1, 0.15) is 17.2 Å². The molecule has 0 unspecified atom stereocenters. The van der Waals surface area contributed by atoms with Crippen molar-refractivity contribution in [3.63, 3.8) is 0 Å². The fourth-order valence-corrected chi connectivity index (χ4v) is 3.36. The number of hydrogen-bond acceptors (Lipinski definition) is 5. The van der Waals surface area contributed by atoms with E-state index in [1.807, 2.05) is 24.4 Å². The van der Waals surface area contributed by atoms with Gasteiger partial charge in [-0.15, -0.1) is 0 Å². The first-order chi connectivity index (χ1) is 12.3. The minimum Gasteiger partial charge on any atom is -0.495 e. The number of aromatic amines is 1. The summed E-state index contributed by atoms with van der Waals surface area (Å²) in [5, 5.41) is 7.89. The van der Waals surface area contributed by atoms with Crippen molar-refractivity contribution < 1.29 is 4.74 Å². The number of rotatable bonds is 5. The number of methoxy groups -OCH3 is 1. The Kier molecular flexibility index (Phi) is 4.41. The summed E-state index contributed by atoms with van der Waals surface area (Å²) in [7, 11) is 1.64. The van der Waals surface area contributed by atoms with Gasteiger partial charge in [0.05, 0.1) is 18.2 Å². The Morgan fingerprint density at radius 3 is 2.92 bits per heavy atom. The Balaban J connectivity index is 1.65. The van der Waals surface area contributed by atoms with Crippen molar-refractivity contribution in [2.75, 3.05) is 17.7 Å². The molecule has 6 nitrogen and oxygen atoms in total. The third kappa shape index (κ3) is 3.38. The molecule has 1 radical (unpaired) electrons. The second kappa shape index (κ2) is 7.01. The van der Waals surface area contributed by atoms with Crippen molar-refractivity contribution in [2.45, 2.75) is 38.1 Å². The lowest BCUT2D eigenvalue weighted by Gasteiger charge is -2.23. The fraction of sp³-hybridized carbons (Fsp3) is 0.368. The lowest BCUT2D eigenvalue weighted by molar-refractivity contribution is 0.416. The summed E-state index contributed by atoms with van der Waals surface area (Å²) in [6.07, 6.45) is 8.18. The Bertz CT molecular complexity index is 854. The maximum Gasteiger partial charge on any atom is 0.231 e. The fourth-order valence-electron chi connectivity index (χ4n) is 3.36. The average molecular weight is 336 g/mol. The Labute approximate surface area is 147 Å². The van der Waals surface area contributed by atoms with Crippen LogP contribution in [0.4, 0.5) is 17.5 Å². The van der Waals surface area contributed by atoms with Crippen molar-refractivity contribution in [3.8, 4) is 5.75 Å². The van der Waals surface area contributed by atoms with E-state index >= 15 is 0 Å². The quantitative estimate of drug-likeness (QED) is 0.649. The molecule has 1 aliphatic rings. The summed E-state index contributed by atoms with van der Waals surface area (Å²) in [5.74, 6) is 2.12. The third-order valence-electron chi connectivity index (χ3n) is 4.65. The molecule has 129 valence electrons. The monoisotopic (exact) mass is 336 g/mol. The van der Waals surface area contributed by atoms with Crippen LogP contribution in [-0.2, 0) is 0 Å². The van der Waals surface area contributed by atoms with Crippen LogP contribution in [0.2, 0.25) is 0 Å². The van der Waals surface area contributed by atoms with E-state index in [0.717, 1.165) is 22.5 Å². The second-order valence-corrected chi connectivity index (χ2v) is 6.37. The maximum absolute atomic E-state index is 5.37. The van der Waals surface area contributed by atoms with Crippen LogP contribution in [0.3, 0.4) is 0 Å². The number of nitrogens with zero attached hydrogens (tertiary/aromatic N) is 2. The van der Waals surface area contributed by atoms with Crippen LogP contribution in [0.1, 0.15) is 32.1 Å². The molecular weight excluding hydrogens is 314 g/mol. The maximum atomic E-state index is 5.37. The Morgan fingerprint density at radius 2 is 2.08 bits per heavy atom. The van der Waals surface area contributed by atoms with E-state index in [-0.39, 0.29) is 0 Å². The van der Waals surface area contributed by atoms with Crippen molar-refractivity contribution in [1.29, 1.82) is 0 Å². The number of nitrogens with one attached hydrogen (secondary N) is 3. The average Bonchev–Trinajstić information content (AvgIpc) is 3.12. The molecule has 6 heteroatoms. The smallest absolute Gasteiger partial charge is 0.231 e. The molecule has 1 fully saturated rings. The first kappa shape index (κ1) is 15.7. The number of anilines is 3. The summed E-state index contributed by atoms with van der Waals surface area (Å²) < 4.78 is 5.37. The van der Waals surface area contributed by atoms with Crippen LogP contribution >= 0.6 is 0 Å². The molecule has 3 aromatic rings. The highest BCUT2D eigenvalue weighted by molar-refractivity contribution is 5.88. The van der Waals surface area contributed by atoms with Gasteiger partial charge in [-0.25, -0.2) is 0 Å². The van der Waals surface area contributed by atoms with Gasteiger partial charge in [0, 0.05) is 12.2 Å². The molecule has 0 atom stereocenters. The summed E-state index contributed by atoms with van der Waals surface area (Å²) in [4.78, 5) is 12.5. The standard InChI is InChI=1S/C19H22N5O/c1-25-16-10-6-5-9-15(16)22-19-23-17-14(11-12-20-17)18(24-19)21-13-7-3-2-4-8-13/h5,9-13H,2-4,7-8H2,1H3,(H3,20,21,22,23,24). The molecule has 0 saturated heterocycles. The van der Waals surface area contributed by atoms with Gasteiger partial charge < -0.3 is 20.4 Å². The molecule has 4 rings (SSSR count). The molecule has 25 heavy (non-hydrogen) atoms. The van der Waals surface area contributed by atoms with E-state index in [9.17, 15) is 0 Å². The molecule has 2 heterocycles. The van der Waals surface area contributed by atoms with Gasteiger partial charge in [0.15, 0.2) is 0 Å². The van der Waals surface area contributed by atoms with Gasteiger partial charge in [-0.05, 0) is 37.1 Å². The van der Waals surface area contributed by atoms with Gasteiger partial charge >= 0.3 is 0 Å². The van der Waals surface area contributed by atoms with Crippen LogP contribution in [0.5, 0.6) is 5.75 Å². The largest absolute Gasteiger partial charge is 0.495 e. The second-order valence-electron chi connectivity index (χ2n) is 6.37. The number of fused-ring (bicyclic) bond motifs is 1. The zero-order chi connectivity index (χ0) is 17.1. The van der Waals surface area contributed by atoms with E-state index in [4.69, 9.17) is 9.72 Å². The highest BCUT2D eigenvalue weighted by atomic mass is 16.5. The lowest BCUT2D eigenvalue weighted by atomic mass is 9.95. The number of H-pyrrole nitrogens is 1. The van der Waals surface area contributed by atoms with Crippen LogP contribution in [0, 0.1) is 6.07 Å². The summed E-state index contributed by atoms with van der Waals surface area (Å²) >= 11 is 0. The minimum atomic E-state index is 0.482. The zero-order valence-electron chi connectivity index (χ0n) is 14.3. The van der Waals surface area contributed by atoms with Crippen LogP contribution in [0.25, 0.3) is 11.0 Å². The highest BCUT2D eigenvalue weighted by Gasteiger charge is 2.17. The van der Waals surface area contributed by atoms with Gasteiger partial charge in [-0.1, -0.05) is 25.3 Å². The van der Waals surface area contributed by atoms with Crippen molar-refractivity contribution in [1.82, 2.24) is 15.0 Å². The van der Waals surface area contributed by atoms with Gasteiger partial charge in [0.2, 0.25) is 5.95 Å². The molecule has 1 aromatic carbocycles. The molecule has 0 aliphatic heterocycles. The van der Waals surface area contributed by atoms with Gasteiger partial charge in [-0.3, -0.25) is 0 Å². The first-order valence-electron chi connectivity index (χ1n) is 8.76. The Hall–Kier alpha value is -2.76. The number of benzene rings is 1. The predicted molar refractivity (Wildman–Crippen MR) is 99.5 cm³/mol. The molecule has 2 aromatic heterocycles. The molecule has 0 amide bonds. The predicted octanol–water partition coefficient (Wildman–Crippen LogP) is 4.25. The topological polar surface area (TPSA) is 74.9 Å². The van der Waals surface area contributed by atoms with Gasteiger partial charge in [-0.2, -0.15) is 9.97 Å². The number of aromatic nitrogens is 3. The van der Waals surface area contributed by atoms with E-state index in [1.54, 1.807) is 13.2 Å². The van der Waals surface area contributed by atoms with Crippen LogP contribution in [0.15, 0.2) is 30.5 Å². The highest BCUT2D eigenvalue weighted by Crippen LogP contribution is 2.29. The SMILES string of the molecule is COc1c[c]ccc1Nc1nc(NC2CCCCC2)c2cc[nH]c2n1. The zero-order valence-corrected chi connectivity index (χ0v) is 14.3. The Morgan fingerprint density at radius 1 is 1.20 bits per heavy atom. The number of ether oxygens (including phenoxy) is 1. The minimum absolute atomic E-state index is 0.482. The molecule has 1 aliphatic carbocycles. The molecule has 3 N–H and O–H groups in total. The molecular formula is C19H22N5O. The summed E-state index contributed by atoms with van der Waals surface area (Å²) in [6.45, 7) is 0. The van der Waals surface area contributed by atoms with Gasteiger partial charge in [0.25, 0.3) is 0 Å². The van der Waals surface area contributed by atoms with Crippen molar-refractivity contribution in [3.05, 3.63) is 36.5 Å². The number of hydrogen-bond donors (Lipinski definition) is 3. The first-order valence-corrected chi connectivity index (χ1v) is 8.76. The molecule has 0 bridgehead atoms. The molecule has 0 spiro atoms. The summed E-state index contributed by atoms with van der Waals surface area (Å²) in [5.41, 5.74) is 1.63. The van der Waals surface area contributed by atoms with Crippen molar-refractivity contribution in [2.24, 2.45) is 0 Å². The normalized spacial score (nSPS) is 15.2. The van der Waals surface area contributed by atoms with Crippen LogP contribution < -0.4 is 15.4 Å². The molecule has 1 saturated carbocycles. The third-order valence-corrected chi connectivity index (χ3v) is 4.65. The summed E-state index contributed by atoms with van der Waals surface area (Å²) in [6, 6.07) is 11.0. The van der Waals surface area contributed by atoms with E-state index in [1.165, 1.54) is 32.1 Å². The van der Waals surface area contributed by atoms with E-state index < -0.39 is 0 Å². The van der Waals surface area contributed by atoms with E-state index in [0.29, 0.717) is 17.7 Å².